The summed E-state index contributed by atoms with van der Waals surface area (Å²) in [6.07, 6.45) is 4.02. The highest BCUT2D eigenvalue weighted by Crippen LogP contribution is 2.30. The molecule has 0 unspecified atom stereocenters. The van der Waals surface area contributed by atoms with Gasteiger partial charge in [0.2, 0.25) is 6.17 Å². The molecule has 0 aromatic heterocycles. The van der Waals surface area contributed by atoms with Crippen molar-refractivity contribution >= 4 is 29.2 Å². The van der Waals surface area contributed by atoms with E-state index in [9.17, 15) is 14.4 Å². The molecule has 3 aromatic rings. The minimum atomic E-state index is -1.25. The van der Waals surface area contributed by atoms with Crippen molar-refractivity contribution in [1.29, 1.82) is 0 Å². The number of ether oxygens (including phenoxy) is 1. The maximum absolute atomic E-state index is 14.0. The highest BCUT2D eigenvalue weighted by molar-refractivity contribution is 6.21. The molecule has 0 radical (unpaired) electrons. The number of para-hydroxylation sites is 1. The largest absolute Gasteiger partial charge is 0.445 e. The van der Waals surface area contributed by atoms with Gasteiger partial charge >= 0.3 is 6.09 Å². The number of benzodiazepines with no additional fused rings is 1. The Morgan fingerprint density at radius 1 is 0.846 bits per heavy atom. The van der Waals surface area contributed by atoms with Crippen LogP contribution >= 0.6 is 0 Å². The molecule has 7 heteroatoms. The molecule has 1 saturated carbocycles. The van der Waals surface area contributed by atoms with Gasteiger partial charge in [0, 0.05) is 17.0 Å². The second-order valence-electron chi connectivity index (χ2n) is 10.0. The second-order valence-corrected chi connectivity index (χ2v) is 10.0. The van der Waals surface area contributed by atoms with Crippen molar-refractivity contribution in [3.8, 4) is 0 Å². The van der Waals surface area contributed by atoms with Crippen LogP contribution in [0, 0.1) is 5.92 Å². The van der Waals surface area contributed by atoms with Crippen LogP contribution in [0.15, 0.2) is 89.9 Å². The molecule has 0 spiro atoms. The minimum absolute atomic E-state index is 0.0496. The van der Waals surface area contributed by atoms with Crippen LogP contribution < -0.4 is 10.2 Å². The number of nitrogens with one attached hydrogen (secondary N) is 1. The fourth-order valence-corrected chi connectivity index (χ4v) is 5.28. The van der Waals surface area contributed by atoms with Crippen molar-refractivity contribution in [2.45, 2.75) is 51.3 Å². The van der Waals surface area contributed by atoms with Crippen LogP contribution in [0.4, 0.5) is 10.5 Å². The quantitative estimate of drug-likeness (QED) is 0.405. The maximum Gasteiger partial charge on any atom is 0.409 e. The lowest BCUT2D eigenvalue weighted by Gasteiger charge is -2.26. The third-order valence-corrected chi connectivity index (χ3v) is 7.35. The molecule has 1 aliphatic heterocycles. The van der Waals surface area contributed by atoms with E-state index in [2.05, 4.69) is 5.32 Å². The second kappa shape index (κ2) is 12.5. The predicted molar refractivity (Wildman–Crippen MR) is 151 cm³/mol. The van der Waals surface area contributed by atoms with Gasteiger partial charge in [-0.25, -0.2) is 9.79 Å². The van der Waals surface area contributed by atoms with Crippen molar-refractivity contribution in [3.63, 3.8) is 0 Å². The number of amides is 2. The van der Waals surface area contributed by atoms with E-state index < -0.39 is 18.2 Å². The molecular weight excluding hydrogens is 490 g/mol. The van der Waals surface area contributed by atoms with Gasteiger partial charge in [0.25, 0.3) is 5.91 Å². The van der Waals surface area contributed by atoms with Crippen LogP contribution in [0.25, 0.3) is 0 Å². The predicted octanol–water partition coefficient (Wildman–Crippen LogP) is 5.66. The smallest absolute Gasteiger partial charge is 0.409 e. The Balaban J connectivity index is 1.46. The maximum atomic E-state index is 14.0. The Morgan fingerprint density at radius 3 is 2.21 bits per heavy atom. The molecule has 39 heavy (non-hydrogen) atoms. The number of alkyl carbamates (subject to hydrolysis) is 1. The van der Waals surface area contributed by atoms with Crippen LogP contribution in [0.2, 0.25) is 0 Å². The summed E-state index contributed by atoms with van der Waals surface area (Å²) >= 11 is 0. The van der Waals surface area contributed by atoms with Gasteiger partial charge in [-0.2, -0.15) is 0 Å². The number of hydrogen-bond donors (Lipinski definition) is 1. The molecule has 2 amide bonds. The number of hydrogen-bond acceptors (Lipinski definition) is 5. The van der Waals surface area contributed by atoms with E-state index in [4.69, 9.17) is 9.73 Å². The summed E-state index contributed by atoms with van der Waals surface area (Å²) in [4.78, 5) is 46.5. The summed E-state index contributed by atoms with van der Waals surface area (Å²) in [6.45, 7) is 0.00227. The first-order valence-corrected chi connectivity index (χ1v) is 13.6. The van der Waals surface area contributed by atoms with Gasteiger partial charge in [-0.1, -0.05) is 105 Å². The molecule has 1 N–H and O–H groups in total. The van der Waals surface area contributed by atoms with Crippen LogP contribution in [0.5, 0.6) is 0 Å². The molecule has 2 aliphatic rings. The number of carbonyl (C=O) groups excluding carboxylic acids is 3. The summed E-state index contributed by atoms with van der Waals surface area (Å²) in [7, 11) is 0. The highest BCUT2D eigenvalue weighted by atomic mass is 16.5. The molecular formula is C32H33N3O4. The number of ketones is 1. The van der Waals surface area contributed by atoms with E-state index in [0.717, 1.165) is 55.2 Å². The Kier molecular flexibility index (Phi) is 8.46. The molecule has 0 bridgehead atoms. The van der Waals surface area contributed by atoms with Crippen molar-refractivity contribution in [2.75, 3.05) is 11.4 Å². The summed E-state index contributed by atoms with van der Waals surface area (Å²) in [5, 5.41) is 2.66. The Hall–Kier alpha value is -4.26. The van der Waals surface area contributed by atoms with E-state index in [-0.39, 0.29) is 24.9 Å². The van der Waals surface area contributed by atoms with E-state index in [1.165, 1.54) is 4.90 Å². The van der Waals surface area contributed by atoms with E-state index >= 15 is 0 Å². The normalized spacial score (nSPS) is 17.8. The summed E-state index contributed by atoms with van der Waals surface area (Å²) in [5.41, 5.74) is 3.54. The van der Waals surface area contributed by atoms with Crippen molar-refractivity contribution in [2.24, 2.45) is 10.9 Å². The van der Waals surface area contributed by atoms with Gasteiger partial charge in [0.1, 0.15) is 6.61 Å². The Morgan fingerprint density at radius 2 is 1.49 bits per heavy atom. The number of carbonyl (C=O) groups is 3. The molecule has 1 heterocycles. The highest BCUT2D eigenvalue weighted by Gasteiger charge is 2.35. The topological polar surface area (TPSA) is 88.1 Å². The number of benzene rings is 3. The molecule has 1 aliphatic carbocycles. The van der Waals surface area contributed by atoms with E-state index in [1.54, 1.807) is 0 Å². The zero-order valence-electron chi connectivity index (χ0n) is 21.9. The standard InChI is InChI=1S/C32H33N3O4/c36-28(24-15-7-1-2-8-16-24)21-35-27-20-12-11-19-26(27)29(25-17-9-4-10-18-25)33-30(31(35)37)34-32(38)39-22-23-13-5-3-6-14-23/h3-6,9-14,17-20,24,30H,1-2,7-8,15-16,21-22H2,(H,34,38)/t30-/m1/s1. The zero-order chi connectivity index (χ0) is 27.0. The first-order chi connectivity index (χ1) is 19.1. The average molecular weight is 524 g/mol. The summed E-state index contributed by atoms with van der Waals surface area (Å²) < 4.78 is 5.41. The lowest BCUT2D eigenvalue weighted by molar-refractivity contribution is -0.125. The third kappa shape index (κ3) is 6.42. The lowest BCUT2D eigenvalue weighted by atomic mass is 9.94. The minimum Gasteiger partial charge on any atom is -0.445 e. The summed E-state index contributed by atoms with van der Waals surface area (Å²) in [6, 6.07) is 26.3. The molecule has 7 nitrogen and oxygen atoms in total. The van der Waals surface area contributed by atoms with Crippen LogP contribution in [0.1, 0.15) is 55.2 Å². The fraction of sp³-hybridized carbons (Fsp3) is 0.312. The molecule has 1 atom stereocenters. The Labute approximate surface area is 228 Å². The fourth-order valence-electron chi connectivity index (χ4n) is 5.28. The van der Waals surface area contributed by atoms with Gasteiger partial charge in [-0.05, 0) is 24.5 Å². The number of rotatable bonds is 7. The number of aliphatic imine (C=N–C) groups is 1. The van der Waals surface area contributed by atoms with Gasteiger partial charge in [0.05, 0.1) is 17.9 Å². The van der Waals surface area contributed by atoms with Crippen molar-refractivity contribution in [1.82, 2.24) is 5.32 Å². The monoisotopic (exact) mass is 523 g/mol. The number of anilines is 1. The summed E-state index contributed by atoms with van der Waals surface area (Å²) in [5.74, 6) is -0.479. The van der Waals surface area contributed by atoms with Crippen LogP contribution in [-0.2, 0) is 20.9 Å². The van der Waals surface area contributed by atoms with E-state index in [0.29, 0.717) is 11.4 Å². The van der Waals surface area contributed by atoms with Crippen molar-refractivity contribution < 1.29 is 19.1 Å². The van der Waals surface area contributed by atoms with Crippen LogP contribution in [-0.4, -0.2) is 36.2 Å². The van der Waals surface area contributed by atoms with E-state index in [1.807, 2.05) is 84.9 Å². The SMILES string of the molecule is O=C(N[C@H]1N=C(c2ccccc2)c2ccccc2N(CC(=O)C2CCCCCC2)C1=O)OCc1ccccc1. The van der Waals surface area contributed by atoms with Gasteiger partial charge in [0.15, 0.2) is 5.78 Å². The average Bonchev–Trinajstić information content (AvgIpc) is 3.32. The molecule has 200 valence electrons. The molecule has 3 aromatic carbocycles. The molecule has 0 saturated heterocycles. The van der Waals surface area contributed by atoms with Gasteiger partial charge in [-0.15, -0.1) is 0 Å². The number of Topliss-reactive ketones (excluding diaryl/α,β-unsaturated/α-hetero) is 1. The number of nitrogens with zero attached hydrogens (tertiary/aromatic N) is 2. The lowest BCUT2D eigenvalue weighted by Crippen LogP contribution is -2.49. The van der Waals surface area contributed by atoms with Crippen molar-refractivity contribution in [3.05, 3.63) is 102 Å². The van der Waals surface area contributed by atoms with Gasteiger partial charge in [-0.3, -0.25) is 14.9 Å². The Bertz CT molecular complexity index is 1330. The zero-order valence-corrected chi connectivity index (χ0v) is 21.9. The molecule has 5 rings (SSSR count). The molecule has 1 fully saturated rings. The first-order valence-electron chi connectivity index (χ1n) is 13.6. The third-order valence-electron chi connectivity index (χ3n) is 7.35. The first kappa shape index (κ1) is 26.4. The van der Waals surface area contributed by atoms with Gasteiger partial charge < -0.3 is 9.64 Å². The van der Waals surface area contributed by atoms with Crippen LogP contribution in [0.3, 0.4) is 0 Å². The number of fused-ring (bicyclic) bond motifs is 1.